The number of nitrogens with zero attached hydrogens (tertiary/aromatic N) is 1. The van der Waals surface area contributed by atoms with Gasteiger partial charge in [-0.15, -0.1) is 0 Å². The monoisotopic (exact) mass is 235 g/mol. The van der Waals surface area contributed by atoms with E-state index in [9.17, 15) is 4.79 Å². The first-order valence-corrected chi connectivity index (χ1v) is 5.56. The summed E-state index contributed by atoms with van der Waals surface area (Å²) in [5, 5.41) is 4.71. The number of carbonyl (C=O) groups is 1. The number of fused-ring (bicyclic) bond motifs is 1. The third-order valence-electron chi connectivity index (χ3n) is 2.59. The molecule has 0 fully saturated rings. The molecule has 1 aliphatic rings. The lowest BCUT2D eigenvalue weighted by Crippen LogP contribution is -2.33. The van der Waals surface area contributed by atoms with Crippen LogP contribution in [0.3, 0.4) is 0 Å². The summed E-state index contributed by atoms with van der Waals surface area (Å²) in [6.07, 6.45) is 0. The van der Waals surface area contributed by atoms with E-state index < -0.39 is 0 Å². The van der Waals surface area contributed by atoms with Crippen molar-refractivity contribution in [1.29, 1.82) is 0 Å². The Labute approximate surface area is 101 Å². The molecule has 17 heavy (non-hydrogen) atoms. The molecule has 1 heterocycles. The molecule has 0 radical (unpaired) electrons. The number of hydrazine groups is 1. The molecule has 1 atom stereocenters. The molecule has 0 aliphatic carbocycles. The lowest BCUT2D eigenvalue weighted by Gasteiger charge is -2.23. The smallest absolute Gasteiger partial charge is 0.262 e. The molecule has 5 heteroatoms. The Bertz CT molecular complexity index is 432. The zero-order valence-corrected chi connectivity index (χ0v) is 10.3. The van der Waals surface area contributed by atoms with Crippen molar-refractivity contribution in [1.82, 2.24) is 10.4 Å². The molecule has 5 nitrogen and oxygen atoms in total. The maximum Gasteiger partial charge on any atom is 0.262 e. The number of anilines is 1. The highest BCUT2D eigenvalue weighted by atomic mass is 16.5. The van der Waals surface area contributed by atoms with Gasteiger partial charge in [0.05, 0.1) is 5.69 Å². The maximum atomic E-state index is 11.2. The molecule has 1 amide bonds. The highest BCUT2D eigenvalue weighted by Gasteiger charge is 2.17. The highest BCUT2D eigenvalue weighted by molar-refractivity contribution is 5.95. The summed E-state index contributed by atoms with van der Waals surface area (Å²) in [4.78, 5) is 11.2. The lowest BCUT2D eigenvalue weighted by molar-refractivity contribution is -0.118. The summed E-state index contributed by atoms with van der Waals surface area (Å²) < 4.78 is 5.31. The van der Waals surface area contributed by atoms with Gasteiger partial charge in [-0.2, -0.15) is 0 Å². The number of carbonyl (C=O) groups excluding carboxylic acids is 1. The van der Waals surface area contributed by atoms with Crippen LogP contribution in [0.25, 0.3) is 0 Å². The molecule has 0 aromatic heterocycles. The van der Waals surface area contributed by atoms with Crippen molar-refractivity contribution < 1.29 is 9.53 Å². The van der Waals surface area contributed by atoms with E-state index >= 15 is 0 Å². The normalized spacial score (nSPS) is 16.1. The minimum absolute atomic E-state index is 0.0951. The molecule has 0 spiro atoms. The molecule has 2 rings (SSSR count). The summed E-state index contributed by atoms with van der Waals surface area (Å²) >= 11 is 0. The van der Waals surface area contributed by atoms with Crippen LogP contribution >= 0.6 is 0 Å². The number of nitrogens with one attached hydrogen (secondary N) is 2. The second-order valence-electron chi connectivity index (χ2n) is 4.34. The third kappa shape index (κ3) is 2.75. The van der Waals surface area contributed by atoms with E-state index in [2.05, 4.69) is 17.7 Å². The van der Waals surface area contributed by atoms with Gasteiger partial charge in [0.1, 0.15) is 5.75 Å². The van der Waals surface area contributed by atoms with Crippen LogP contribution in [0.15, 0.2) is 18.2 Å². The van der Waals surface area contributed by atoms with Gasteiger partial charge < -0.3 is 10.1 Å². The number of amides is 1. The summed E-state index contributed by atoms with van der Waals surface area (Å²) in [6, 6.07) is 6.00. The predicted octanol–water partition coefficient (Wildman–Crippen LogP) is 1.14. The minimum atomic E-state index is -0.108. The Morgan fingerprint density at radius 1 is 1.47 bits per heavy atom. The van der Waals surface area contributed by atoms with E-state index in [1.54, 1.807) is 0 Å². The zero-order valence-electron chi connectivity index (χ0n) is 10.3. The number of rotatable bonds is 3. The van der Waals surface area contributed by atoms with Crippen LogP contribution < -0.4 is 15.5 Å². The Balaban J connectivity index is 2.20. The second kappa shape index (κ2) is 4.73. The molecule has 1 aromatic carbocycles. The molecule has 0 bridgehead atoms. The first kappa shape index (κ1) is 11.9. The fraction of sp³-hybridized carbons (Fsp3) is 0.417. The molecule has 2 N–H and O–H groups in total. The molecule has 0 saturated heterocycles. The van der Waals surface area contributed by atoms with Crippen LogP contribution in [0.5, 0.6) is 5.75 Å². The van der Waals surface area contributed by atoms with Gasteiger partial charge in [0, 0.05) is 20.1 Å². The van der Waals surface area contributed by atoms with E-state index in [1.165, 1.54) is 0 Å². The van der Waals surface area contributed by atoms with Gasteiger partial charge in [0.2, 0.25) is 0 Å². The fourth-order valence-electron chi connectivity index (χ4n) is 1.83. The summed E-state index contributed by atoms with van der Waals surface area (Å²) in [6.45, 7) is 2.16. The molecule has 1 aromatic rings. The summed E-state index contributed by atoms with van der Waals surface area (Å²) in [5.74, 6) is 0.619. The van der Waals surface area contributed by atoms with Crippen molar-refractivity contribution >= 4 is 11.6 Å². The zero-order chi connectivity index (χ0) is 12.4. The maximum absolute atomic E-state index is 11.2. The quantitative estimate of drug-likeness (QED) is 0.772. The van der Waals surface area contributed by atoms with E-state index in [0.717, 1.165) is 17.0 Å². The van der Waals surface area contributed by atoms with Crippen molar-refractivity contribution in [2.24, 2.45) is 0 Å². The standard InChI is InChI=1S/C12H17N3O2/c1-8(14-15(2)3)9-4-5-11-10(6-9)13-12(16)7-17-11/h4-6,8,14H,7H2,1-3H3,(H,13,16). The number of ether oxygens (including phenoxy) is 1. The van der Waals surface area contributed by atoms with Gasteiger partial charge in [-0.1, -0.05) is 6.07 Å². The van der Waals surface area contributed by atoms with Crippen LogP contribution in [-0.4, -0.2) is 31.6 Å². The third-order valence-corrected chi connectivity index (χ3v) is 2.59. The summed E-state index contributed by atoms with van der Waals surface area (Å²) in [5.41, 5.74) is 5.10. The van der Waals surface area contributed by atoms with Gasteiger partial charge >= 0.3 is 0 Å². The van der Waals surface area contributed by atoms with Crippen molar-refractivity contribution in [3.63, 3.8) is 0 Å². The fourth-order valence-corrected chi connectivity index (χ4v) is 1.83. The van der Waals surface area contributed by atoms with Crippen LogP contribution in [0, 0.1) is 0 Å². The first-order chi connectivity index (χ1) is 8.06. The van der Waals surface area contributed by atoms with E-state index in [0.29, 0.717) is 0 Å². The minimum Gasteiger partial charge on any atom is -0.482 e. The average molecular weight is 235 g/mol. The van der Waals surface area contributed by atoms with Gasteiger partial charge in [-0.25, -0.2) is 5.43 Å². The van der Waals surface area contributed by atoms with Crippen LogP contribution in [0.1, 0.15) is 18.5 Å². The molecule has 1 aliphatic heterocycles. The number of benzene rings is 1. The first-order valence-electron chi connectivity index (χ1n) is 5.56. The van der Waals surface area contributed by atoms with Crippen LogP contribution in [0.2, 0.25) is 0 Å². The van der Waals surface area contributed by atoms with Gasteiger partial charge in [0.15, 0.2) is 6.61 Å². The van der Waals surface area contributed by atoms with Gasteiger partial charge in [-0.05, 0) is 24.6 Å². The molecule has 92 valence electrons. The Hall–Kier alpha value is -1.59. The largest absolute Gasteiger partial charge is 0.482 e. The van der Waals surface area contributed by atoms with Crippen molar-refractivity contribution in [3.05, 3.63) is 23.8 Å². The number of hydrogen-bond acceptors (Lipinski definition) is 4. The average Bonchev–Trinajstić information content (AvgIpc) is 2.27. The van der Waals surface area contributed by atoms with E-state index in [1.807, 2.05) is 37.3 Å². The SMILES string of the molecule is CC(NN(C)C)c1ccc2c(c1)NC(=O)CO2. The second-order valence-corrected chi connectivity index (χ2v) is 4.34. The topological polar surface area (TPSA) is 53.6 Å². The Kier molecular flexibility index (Phi) is 3.31. The van der Waals surface area contributed by atoms with Crippen LogP contribution in [-0.2, 0) is 4.79 Å². The highest BCUT2D eigenvalue weighted by Crippen LogP contribution is 2.30. The Morgan fingerprint density at radius 2 is 2.24 bits per heavy atom. The lowest BCUT2D eigenvalue weighted by atomic mass is 10.1. The predicted molar refractivity (Wildman–Crippen MR) is 65.8 cm³/mol. The van der Waals surface area contributed by atoms with E-state index in [-0.39, 0.29) is 18.6 Å². The van der Waals surface area contributed by atoms with Crippen molar-refractivity contribution in [3.8, 4) is 5.75 Å². The van der Waals surface area contributed by atoms with E-state index in [4.69, 9.17) is 4.74 Å². The molecule has 1 unspecified atom stereocenters. The Morgan fingerprint density at radius 3 is 2.94 bits per heavy atom. The number of hydrogen-bond donors (Lipinski definition) is 2. The van der Waals surface area contributed by atoms with Crippen molar-refractivity contribution in [2.45, 2.75) is 13.0 Å². The van der Waals surface area contributed by atoms with Crippen molar-refractivity contribution in [2.75, 3.05) is 26.0 Å². The van der Waals surface area contributed by atoms with Crippen LogP contribution in [0.4, 0.5) is 5.69 Å². The van der Waals surface area contributed by atoms with Gasteiger partial charge in [-0.3, -0.25) is 9.80 Å². The molecular formula is C12H17N3O2. The molecule has 0 saturated carbocycles. The van der Waals surface area contributed by atoms with Gasteiger partial charge in [0.25, 0.3) is 5.91 Å². The molecular weight excluding hydrogens is 218 g/mol. The summed E-state index contributed by atoms with van der Waals surface area (Å²) in [7, 11) is 3.89.